The van der Waals surface area contributed by atoms with Crippen LogP contribution in [-0.4, -0.2) is 46.6 Å². The number of nitrogens with zero attached hydrogens (tertiary/aromatic N) is 2. The number of carbonyl (C=O) groups is 1. The van der Waals surface area contributed by atoms with Gasteiger partial charge in [0.05, 0.1) is 41.9 Å². The smallest absolute Gasteiger partial charge is 0.254 e. The summed E-state index contributed by atoms with van der Waals surface area (Å²) in [6.07, 6.45) is 5.55. The minimum Gasteiger partial charge on any atom is -0.375 e. The molecule has 6 nitrogen and oxygen atoms in total. The summed E-state index contributed by atoms with van der Waals surface area (Å²) in [6, 6.07) is 10.1. The van der Waals surface area contributed by atoms with Gasteiger partial charge in [-0.25, -0.2) is 0 Å². The molecule has 0 aliphatic carbocycles. The molecule has 0 radical (unpaired) electrons. The Labute approximate surface area is 159 Å². The lowest BCUT2D eigenvalue weighted by atomic mass is 9.97. The number of hydrogen-bond donors (Lipinski definition) is 1. The lowest BCUT2D eigenvalue weighted by Gasteiger charge is -2.22. The summed E-state index contributed by atoms with van der Waals surface area (Å²) >= 11 is 0. The van der Waals surface area contributed by atoms with Crippen LogP contribution in [0.4, 0.5) is 0 Å². The third-order valence-corrected chi connectivity index (χ3v) is 5.64. The monoisotopic (exact) mass is 369 g/mol. The zero-order valence-electron chi connectivity index (χ0n) is 16.0. The van der Waals surface area contributed by atoms with Crippen LogP contribution < -0.4 is 5.32 Å². The maximum absolute atomic E-state index is 12.7. The molecule has 2 aliphatic rings. The predicted molar refractivity (Wildman–Crippen MR) is 102 cm³/mol. The van der Waals surface area contributed by atoms with E-state index in [1.165, 1.54) is 0 Å². The van der Waals surface area contributed by atoms with Crippen molar-refractivity contribution < 1.29 is 14.3 Å². The second-order valence-electron chi connectivity index (χ2n) is 7.79. The average Bonchev–Trinajstić information content (AvgIpc) is 3.35. The van der Waals surface area contributed by atoms with Crippen molar-refractivity contribution in [2.24, 2.45) is 7.05 Å². The summed E-state index contributed by atoms with van der Waals surface area (Å²) in [7, 11) is 1.88. The van der Waals surface area contributed by atoms with Gasteiger partial charge < -0.3 is 14.8 Å². The summed E-state index contributed by atoms with van der Waals surface area (Å²) in [6.45, 7) is 3.28. The van der Waals surface area contributed by atoms with E-state index in [0.29, 0.717) is 25.1 Å². The number of nitrogens with one attached hydrogen (secondary N) is 1. The van der Waals surface area contributed by atoms with Crippen LogP contribution in [0.5, 0.6) is 0 Å². The van der Waals surface area contributed by atoms with Crippen LogP contribution in [0.2, 0.25) is 0 Å². The molecule has 144 valence electrons. The van der Waals surface area contributed by atoms with Gasteiger partial charge in [-0.3, -0.25) is 9.48 Å². The minimum absolute atomic E-state index is 0.0529. The Hall–Kier alpha value is -2.18. The molecule has 1 spiro atoms. The maximum atomic E-state index is 12.7. The fourth-order valence-electron chi connectivity index (χ4n) is 4.18. The van der Waals surface area contributed by atoms with Crippen LogP contribution in [0.25, 0.3) is 0 Å². The van der Waals surface area contributed by atoms with E-state index in [0.717, 1.165) is 30.5 Å². The van der Waals surface area contributed by atoms with E-state index in [4.69, 9.17) is 9.47 Å². The van der Waals surface area contributed by atoms with Crippen molar-refractivity contribution >= 4 is 5.91 Å². The molecular formula is C21H27N3O3. The fraction of sp³-hybridized carbons (Fsp3) is 0.524. The Morgan fingerprint density at radius 1 is 1.37 bits per heavy atom. The van der Waals surface area contributed by atoms with Crippen LogP contribution in [0, 0.1) is 0 Å². The van der Waals surface area contributed by atoms with Crippen LogP contribution >= 0.6 is 0 Å². The Morgan fingerprint density at radius 3 is 2.93 bits per heavy atom. The Kier molecular flexibility index (Phi) is 5.02. The molecule has 4 rings (SSSR count). The number of hydrogen-bond acceptors (Lipinski definition) is 4. The summed E-state index contributed by atoms with van der Waals surface area (Å²) in [5, 5.41) is 7.33. The standard InChI is InChI=1S/C21H27N3O3/c1-15-11-21(14-26-15)9-8-17(27-21)12-22-20(25)18-13-23-24(2)19(18)10-16-6-4-3-5-7-16/h3-7,13,15,17H,8-12,14H2,1-2H3,(H,22,25). The van der Waals surface area contributed by atoms with Crippen molar-refractivity contribution in [1.82, 2.24) is 15.1 Å². The van der Waals surface area contributed by atoms with Crippen molar-refractivity contribution in [3.8, 4) is 0 Å². The number of benzene rings is 1. The number of carbonyl (C=O) groups excluding carboxylic acids is 1. The second kappa shape index (κ2) is 7.44. The van der Waals surface area contributed by atoms with Crippen molar-refractivity contribution in [2.45, 2.75) is 50.4 Å². The molecule has 0 saturated carbocycles. The van der Waals surface area contributed by atoms with Crippen LogP contribution in [-0.2, 0) is 22.9 Å². The third-order valence-electron chi connectivity index (χ3n) is 5.64. The summed E-state index contributed by atoms with van der Waals surface area (Å²) < 4.78 is 13.7. The van der Waals surface area contributed by atoms with Crippen molar-refractivity contribution in [3.05, 3.63) is 53.3 Å². The van der Waals surface area contributed by atoms with Gasteiger partial charge in [0.1, 0.15) is 0 Å². The molecule has 2 aliphatic heterocycles. The number of ether oxygens (including phenoxy) is 2. The van der Waals surface area contributed by atoms with Gasteiger partial charge in [-0.15, -0.1) is 0 Å². The van der Waals surface area contributed by atoms with Gasteiger partial charge in [-0.1, -0.05) is 30.3 Å². The predicted octanol–water partition coefficient (Wildman–Crippen LogP) is 2.47. The fourth-order valence-corrected chi connectivity index (χ4v) is 4.18. The number of rotatable bonds is 5. The Bertz CT molecular complexity index is 804. The molecule has 6 heteroatoms. The first kappa shape index (κ1) is 18.2. The first-order valence-corrected chi connectivity index (χ1v) is 9.67. The molecule has 3 heterocycles. The van der Waals surface area contributed by atoms with Gasteiger partial charge in [0, 0.05) is 26.4 Å². The van der Waals surface area contributed by atoms with E-state index in [1.807, 2.05) is 25.2 Å². The third kappa shape index (κ3) is 3.92. The zero-order chi connectivity index (χ0) is 18.9. The van der Waals surface area contributed by atoms with Crippen molar-refractivity contribution in [3.63, 3.8) is 0 Å². The van der Waals surface area contributed by atoms with Gasteiger partial charge in [0.2, 0.25) is 0 Å². The van der Waals surface area contributed by atoms with Gasteiger partial charge in [-0.2, -0.15) is 5.10 Å². The molecule has 2 fully saturated rings. The first-order chi connectivity index (χ1) is 13.0. The topological polar surface area (TPSA) is 65.4 Å². The van der Waals surface area contributed by atoms with Gasteiger partial charge in [0.15, 0.2) is 0 Å². The molecule has 2 aromatic rings. The number of aromatic nitrogens is 2. The van der Waals surface area contributed by atoms with Gasteiger partial charge >= 0.3 is 0 Å². The highest BCUT2D eigenvalue weighted by Gasteiger charge is 2.45. The number of aryl methyl sites for hydroxylation is 1. The second-order valence-corrected chi connectivity index (χ2v) is 7.79. The SMILES string of the molecule is CC1CC2(CCC(CNC(=O)c3cnn(C)c3Cc3ccccc3)O2)CO1. The van der Waals surface area contributed by atoms with E-state index >= 15 is 0 Å². The first-order valence-electron chi connectivity index (χ1n) is 9.67. The average molecular weight is 369 g/mol. The minimum atomic E-state index is -0.137. The molecule has 1 amide bonds. The summed E-state index contributed by atoms with van der Waals surface area (Å²) in [5.41, 5.74) is 2.57. The Balaban J connectivity index is 1.37. The molecule has 1 aromatic heterocycles. The van der Waals surface area contributed by atoms with E-state index in [2.05, 4.69) is 29.5 Å². The normalized spacial score (nSPS) is 27.3. The highest BCUT2D eigenvalue weighted by molar-refractivity contribution is 5.95. The molecule has 2 saturated heterocycles. The molecule has 3 unspecified atom stereocenters. The van der Waals surface area contributed by atoms with Gasteiger partial charge in [-0.05, 0) is 25.3 Å². The molecular weight excluding hydrogens is 342 g/mol. The van der Waals surface area contributed by atoms with Gasteiger partial charge in [0.25, 0.3) is 5.91 Å². The van der Waals surface area contributed by atoms with E-state index in [9.17, 15) is 4.79 Å². The highest BCUT2D eigenvalue weighted by atomic mass is 16.6. The van der Waals surface area contributed by atoms with E-state index in [1.54, 1.807) is 10.9 Å². The van der Waals surface area contributed by atoms with Crippen molar-refractivity contribution in [2.75, 3.05) is 13.2 Å². The van der Waals surface area contributed by atoms with E-state index < -0.39 is 0 Å². The lowest BCUT2D eigenvalue weighted by molar-refractivity contribution is -0.0433. The summed E-state index contributed by atoms with van der Waals surface area (Å²) in [4.78, 5) is 12.7. The lowest BCUT2D eigenvalue weighted by Crippen LogP contribution is -2.36. The zero-order valence-corrected chi connectivity index (χ0v) is 16.0. The molecule has 27 heavy (non-hydrogen) atoms. The molecule has 1 aromatic carbocycles. The number of amides is 1. The van der Waals surface area contributed by atoms with Crippen LogP contribution in [0.3, 0.4) is 0 Å². The summed E-state index contributed by atoms with van der Waals surface area (Å²) in [5.74, 6) is -0.0883. The molecule has 0 bridgehead atoms. The van der Waals surface area contributed by atoms with Crippen LogP contribution in [0.1, 0.15) is 47.8 Å². The largest absolute Gasteiger partial charge is 0.375 e. The highest BCUT2D eigenvalue weighted by Crippen LogP contribution is 2.39. The van der Waals surface area contributed by atoms with Crippen molar-refractivity contribution in [1.29, 1.82) is 0 Å². The maximum Gasteiger partial charge on any atom is 0.254 e. The molecule has 1 N–H and O–H groups in total. The van der Waals surface area contributed by atoms with Crippen LogP contribution in [0.15, 0.2) is 36.5 Å². The quantitative estimate of drug-likeness (QED) is 0.879. The Morgan fingerprint density at radius 2 is 2.19 bits per heavy atom. The van der Waals surface area contributed by atoms with E-state index in [-0.39, 0.29) is 23.7 Å². The molecule has 3 atom stereocenters.